The Kier molecular flexibility index (Phi) is 5.13. The number of ether oxygens (including phenoxy) is 2. The van der Waals surface area contributed by atoms with Crippen molar-refractivity contribution in [2.24, 2.45) is 0 Å². The Morgan fingerprint density at radius 3 is 2.86 bits per heavy atom. The summed E-state index contributed by atoms with van der Waals surface area (Å²) < 4.78 is 21.5. The van der Waals surface area contributed by atoms with Gasteiger partial charge in [-0.2, -0.15) is 0 Å². The summed E-state index contributed by atoms with van der Waals surface area (Å²) in [6, 6.07) is 10.2. The molecule has 1 aromatic carbocycles. The fourth-order valence-corrected chi connectivity index (χ4v) is 3.36. The van der Waals surface area contributed by atoms with Crippen molar-refractivity contribution in [3.05, 3.63) is 63.7 Å². The van der Waals surface area contributed by atoms with Crippen molar-refractivity contribution >= 4 is 28.3 Å². The molecular formula is C20H16N2O6S. The summed E-state index contributed by atoms with van der Waals surface area (Å²) in [6.07, 6.45) is -0.718. The van der Waals surface area contributed by atoms with Crippen molar-refractivity contribution in [2.45, 2.75) is 20.0 Å². The van der Waals surface area contributed by atoms with E-state index >= 15 is 0 Å². The molecule has 3 heterocycles. The summed E-state index contributed by atoms with van der Waals surface area (Å²) in [7, 11) is 0. The molecule has 0 unspecified atom stereocenters. The van der Waals surface area contributed by atoms with Gasteiger partial charge in [-0.25, -0.2) is 9.59 Å². The molecule has 0 aliphatic heterocycles. The first-order chi connectivity index (χ1) is 14.0. The first-order valence-electron chi connectivity index (χ1n) is 8.73. The number of rotatable bonds is 6. The molecule has 0 spiro atoms. The predicted octanol–water partition coefficient (Wildman–Crippen LogP) is 3.90. The number of fused-ring (bicyclic) bond motifs is 1. The van der Waals surface area contributed by atoms with Gasteiger partial charge < -0.3 is 18.3 Å². The van der Waals surface area contributed by atoms with Crippen LogP contribution in [-0.4, -0.2) is 22.8 Å². The lowest BCUT2D eigenvalue weighted by molar-refractivity contribution is -0.152. The van der Waals surface area contributed by atoms with Gasteiger partial charge in [-0.1, -0.05) is 6.07 Å². The molecule has 4 rings (SSSR count). The van der Waals surface area contributed by atoms with E-state index in [1.165, 1.54) is 17.4 Å². The zero-order chi connectivity index (χ0) is 20.4. The number of esters is 1. The predicted molar refractivity (Wildman–Crippen MR) is 105 cm³/mol. The molecule has 0 aliphatic carbocycles. The van der Waals surface area contributed by atoms with Gasteiger partial charge in [-0.05, 0) is 43.0 Å². The minimum Gasteiger partial charge on any atom is -0.482 e. The Balaban J connectivity index is 1.37. The molecule has 0 bridgehead atoms. The van der Waals surface area contributed by atoms with E-state index in [2.05, 4.69) is 10.2 Å². The minimum atomic E-state index is -0.718. The van der Waals surface area contributed by atoms with Gasteiger partial charge in [0.05, 0.1) is 4.88 Å². The zero-order valence-corrected chi connectivity index (χ0v) is 16.4. The molecule has 1 atom stereocenters. The fraction of sp³-hybridized carbons (Fsp3) is 0.200. The Morgan fingerprint density at radius 1 is 1.21 bits per heavy atom. The molecule has 0 aliphatic rings. The number of aromatic nitrogens is 2. The lowest BCUT2D eigenvalue weighted by atomic mass is 10.1. The van der Waals surface area contributed by atoms with E-state index < -0.39 is 17.7 Å². The maximum absolute atomic E-state index is 12.1. The highest BCUT2D eigenvalue weighted by Gasteiger charge is 2.19. The summed E-state index contributed by atoms with van der Waals surface area (Å²) >= 11 is 1.47. The molecule has 4 aromatic rings. The van der Waals surface area contributed by atoms with Crippen LogP contribution in [0, 0.1) is 6.92 Å². The maximum atomic E-state index is 12.1. The molecule has 0 saturated heterocycles. The van der Waals surface area contributed by atoms with Crippen LogP contribution in [0.1, 0.15) is 24.5 Å². The second-order valence-corrected chi connectivity index (χ2v) is 7.20. The maximum Gasteiger partial charge on any atom is 0.344 e. The van der Waals surface area contributed by atoms with Gasteiger partial charge in [-0.15, -0.1) is 21.5 Å². The highest BCUT2D eigenvalue weighted by molar-refractivity contribution is 7.13. The number of thiophene rings is 1. The summed E-state index contributed by atoms with van der Waals surface area (Å²) in [5, 5.41) is 10.6. The van der Waals surface area contributed by atoms with Crippen LogP contribution in [0.15, 0.2) is 55.4 Å². The van der Waals surface area contributed by atoms with E-state index in [0.29, 0.717) is 17.2 Å². The summed E-state index contributed by atoms with van der Waals surface area (Å²) in [5.41, 5.74) is 0.751. The van der Waals surface area contributed by atoms with E-state index in [1.54, 1.807) is 25.1 Å². The average Bonchev–Trinajstić information content (AvgIpc) is 3.37. The van der Waals surface area contributed by atoms with E-state index in [-0.39, 0.29) is 12.5 Å². The highest BCUT2D eigenvalue weighted by atomic mass is 32.1. The van der Waals surface area contributed by atoms with Crippen LogP contribution in [0.2, 0.25) is 0 Å². The zero-order valence-electron chi connectivity index (χ0n) is 15.6. The number of hydrogen-bond acceptors (Lipinski definition) is 9. The van der Waals surface area contributed by atoms with E-state index in [9.17, 15) is 9.59 Å². The number of hydrogen-bond donors (Lipinski definition) is 0. The van der Waals surface area contributed by atoms with Gasteiger partial charge in [0.1, 0.15) is 11.3 Å². The van der Waals surface area contributed by atoms with Crippen molar-refractivity contribution in [3.8, 4) is 16.5 Å². The van der Waals surface area contributed by atoms with Crippen LogP contribution in [0.4, 0.5) is 0 Å². The number of carbonyl (C=O) groups excluding carboxylic acids is 1. The first-order valence-corrected chi connectivity index (χ1v) is 9.61. The van der Waals surface area contributed by atoms with Crippen molar-refractivity contribution in [1.82, 2.24) is 10.2 Å². The van der Waals surface area contributed by atoms with Crippen molar-refractivity contribution < 1.29 is 23.1 Å². The molecule has 0 N–H and O–H groups in total. The first kappa shape index (κ1) is 18.9. The van der Waals surface area contributed by atoms with Gasteiger partial charge >= 0.3 is 11.6 Å². The monoisotopic (exact) mass is 412 g/mol. The summed E-state index contributed by atoms with van der Waals surface area (Å²) in [5.74, 6) is 0.361. The number of aryl methyl sites for hydroxylation is 1. The lowest BCUT2D eigenvalue weighted by Crippen LogP contribution is -2.17. The molecule has 9 heteroatoms. The smallest absolute Gasteiger partial charge is 0.344 e. The molecule has 0 radical (unpaired) electrons. The van der Waals surface area contributed by atoms with Crippen LogP contribution in [0.3, 0.4) is 0 Å². The van der Waals surface area contributed by atoms with Gasteiger partial charge in [-0.3, -0.25) is 0 Å². The molecule has 8 nitrogen and oxygen atoms in total. The fourth-order valence-electron chi connectivity index (χ4n) is 2.72. The number of carbonyl (C=O) groups is 1. The Morgan fingerprint density at radius 2 is 2.07 bits per heavy atom. The summed E-state index contributed by atoms with van der Waals surface area (Å²) in [4.78, 5) is 24.4. The van der Waals surface area contributed by atoms with Crippen LogP contribution >= 0.6 is 11.3 Å². The Hall–Kier alpha value is -3.46. The van der Waals surface area contributed by atoms with E-state index in [0.717, 1.165) is 15.8 Å². The lowest BCUT2D eigenvalue weighted by Gasteiger charge is -2.10. The molecule has 0 fully saturated rings. The number of nitrogens with zero attached hydrogens (tertiary/aromatic N) is 2. The molecule has 148 valence electrons. The molecule has 3 aromatic heterocycles. The average molecular weight is 412 g/mol. The third-order valence-corrected chi connectivity index (χ3v) is 4.97. The van der Waals surface area contributed by atoms with Crippen LogP contribution in [0.25, 0.3) is 21.7 Å². The van der Waals surface area contributed by atoms with Crippen LogP contribution in [-0.2, 0) is 9.53 Å². The standard InChI is InChI=1S/C20H16N2O6S/c1-11-8-17(23)27-15-9-13(5-6-14(11)15)25-10-18(24)26-12(2)19-21-22-20(28-19)16-4-3-7-29-16/h3-9,12H,10H2,1-2H3/t12-/m1/s1. The Labute approximate surface area is 168 Å². The van der Waals surface area contributed by atoms with Crippen molar-refractivity contribution in [2.75, 3.05) is 6.61 Å². The van der Waals surface area contributed by atoms with Crippen LogP contribution in [0.5, 0.6) is 5.75 Å². The van der Waals surface area contributed by atoms with Crippen LogP contribution < -0.4 is 10.4 Å². The van der Waals surface area contributed by atoms with Gasteiger partial charge in [0.25, 0.3) is 11.8 Å². The molecule has 29 heavy (non-hydrogen) atoms. The highest BCUT2D eigenvalue weighted by Crippen LogP contribution is 2.26. The normalized spacial score (nSPS) is 12.1. The van der Waals surface area contributed by atoms with E-state index in [4.69, 9.17) is 18.3 Å². The van der Waals surface area contributed by atoms with E-state index in [1.807, 2.05) is 24.4 Å². The molecule has 0 amide bonds. The van der Waals surface area contributed by atoms with Crippen molar-refractivity contribution in [1.29, 1.82) is 0 Å². The SMILES string of the molecule is Cc1cc(=O)oc2cc(OCC(=O)O[C@H](C)c3nnc(-c4cccs4)o3)ccc12. The minimum absolute atomic E-state index is 0.199. The quantitative estimate of drug-likeness (QED) is 0.347. The molecule has 0 saturated carbocycles. The van der Waals surface area contributed by atoms with Crippen molar-refractivity contribution in [3.63, 3.8) is 0 Å². The van der Waals surface area contributed by atoms with Gasteiger partial charge in [0, 0.05) is 17.5 Å². The third kappa shape index (κ3) is 4.19. The Bertz CT molecular complexity index is 1210. The second kappa shape index (κ2) is 7.88. The molecular weight excluding hydrogens is 396 g/mol. The topological polar surface area (TPSA) is 105 Å². The largest absolute Gasteiger partial charge is 0.482 e. The van der Waals surface area contributed by atoms with Gasteiger partial charge in [0.2, 0.25) is 0 Å². The summed E-state index contributed by atoms with van der Waals surface area (Å²) in [6.45, 7) is 3.13. The second-order valence-electron chi connectivity index (χ2n) is 6.25. The third-order valence-electron chi connectivity index (χ3n) is 4.11. The number of benzene rings is 1. The van der Waals surface area contributed by atoms with Gasteiger partial charge in [0.15, 0.2) is 12.7 Å².